The molecule has 0 spiro atoms. The maximum Gasteiger partial charge on any atom is 0.245 e. The third-order valence-electron chi connectivity index (χ3n) is 2.26. The monoisotopic (exact) mass is 244 g/mol. The van der Waals surface area contributed by atoms with Crippen molar-refractivity contribution in [1.82, 2.24) is 10.2 Å². The fourth-order valence-electron chi connectivity index (χ4n) is 1.36. The van der Waals surface area contributed by atoms with Gasteiger partial charge in [-0.3, -0.25) is 9.59 Å². The second-order valence-electron chi connectivity index (χ2n) is 3.45. The van der Waals surface area contributed by atoms with Crippen molar-refractivity contribution in [1.29, 1.82) is 0 Å². The van der Waals surface area contributed by atoms with Crippen molar-refractivity contribution >= 4 is 11.8 Å². The summed E-state index contributed by atoms with van der Waals surface area (Å²) < 4.78 is 0. The predicted octanol–water partition coefficient (Wildman–Crippen LogP) is -1.12. The fourth-order valence-corrected chi connectivity index (χ4v) is 1.36. The van der Waals surface area contributed by atoms with Gasteiger partial charge in [0.05, 0.1) is 13.2 Å². The van der Waals surface area contributed by atoms with Gasteiger partial charge < -0.3 is 20.4 Å². The van der Waals surface area contributed by atoms with Gasteiger partial charge in [-0.15, -0.1) is 0 Å². The second kappa shape index (κ2) is 8.72. The molecule has 17 heavy (non-hydrogen) atoms. The molecule has 2 amide bonds. The summed E-state index contributed by atoms with van der Waals surface area (Å²) in [5, 5.41) is 20.1. The van der Waals surface area contributed by atoms with E-state index in [9.17, 15) is 9.59 Å². The maximum atomic E-state index is 12.0. The van der Waals surface area contributed by atoms with Gasteiger partial charge in [-0.25, -0.2) is 0 Å². The third kappa shape index (κ3) is 5.46. The summed E-state index contributed by atoms with van der Waals surface area (Å²) in [6.45, 7) is 4.99. The first-order valence-electron chi connectivity index (χ1n) is 5.54. The highest BCUT2D eigenvalue weighted by atomic mass is 16.3. The molecule has 0 heterocycles. The third-order valence-corrected chi connectivity index (χ3v) is 2.26. The minimum atomic E-state index is -0.654. The average Bonchev–Trinajstić information content (AvgIpc) is 2.34. The first-order valence-corrected chi connectivity index (χ1v) is 5.54. The molecule has 6 nitrogen and oxygen atoms in total. The summed E-state index contributed by atoms with van der Waals surface area (Å²) in [6, 6.07) is -0.654. The number of hydrogen-bond acceptors (Lipinski definition) is 4. The Balaban J connectivity index is 4.56. The lowest BCUT2D eigenvalue weighted by Gasteiger charge is -2.25. The summed E-state index contributed by atoms with van der Waals surface area (Å²) in [4.78, 5) is 24.4. The van der Waals surface area contributed by atoms with Crippen LogP contribution in [0, 0.1) is 0 Å². The normalized spacial score (nSPS) is 11.7. The fraction of sp³-hybridized carbons (Fsp3) is 0.636. The van der Waals surface area contributed by atoms with Crippen LogP contribution in [0.15, 0.2) is 12.7 Å². The van der Waals surface area contributed by atoms with E-state index in [1.807, 2.05) is 0 Å². The lowest BCUT2D eigenvalue weighted by atomic mass is 10.2. The van der Waals surface area contributed by atoms with Crippen molar-refractivity contribution in [2.45, 2.75) is 19.4 Å². The van der Waals surface area contributed by atoms with Crippen molar-refractivity contribution in [3.63, 3.8) is 0 Å². The van der Waals surface area contributed by atoms with E-state index in [1.165, 1.54) is 4.90 Å². The standard InChI is InChI=1S/C11H20N2O4/c1-3-9(12-10(16)4-2)11(17)13(5-7-14)6-8-15/h4,9,14-15H,2-3,5-8H2,1H3,(H,12,16)/t9-/m0/s1. The van der Waals surface area contributed by atoms with E-state index in [-0.39, 0.29) is 32.2 Å². The van der Waals surface area contributed by atoms with Crippen molar-refractivity contribution in [2.24, 2.45) is 0 Å². The number of aliphatic hydroxyl groups excluding tert-OH is 2. The van der Waals surface area contributed by atoms with Crippen LogP contribution in [0.4, 0.5) is 0 Å². The van der Waals surface area contributed by atoms with Crippen LogP contribution in [-0.4, -0.2) is 59.3 Å². The molecule has 0 aliphatic heterocycles. The zero-order chi connectivity index (χ0) is 13.3. The minimum Gasteiger partial charge on any atom is -0.395 e. The molecule has 0 saturated carbocycles. The summed E-state index contributed by atoms with van der Waals surface area (Å²) in [6.07, 6.45) is 1.53. The number of rotatable bonds is 8. The SMILES string of the molecule is C=CC(=O)N[C@@H](CC)C(=O)N(CCO)CCO. The van der Waals surface area contributed by atoms with Crippen LogP contribution in [0.3, 0.4) is 0 Å². The Morgan fingerprint density at radius 2 is 1.88 bits per heavy atom. The van der Waals surface area contributed by atoms with Gasteiger partial charge >= 0.3 is 0 Å². The molecule has 0 aliphatic carbocycles. The van der Waals surface area contributed by atoms with Gasteiger partial charge in [0, 0.05) is 13.1 Å². The molecular formula is C11H20N2O4. The van der Waals surface area contributed by atoms with Crippen molar-refractivity contribution in [3.05, 3.63) is 12.7 Å². The lowest BCUT2D eigenvalue weighted by molar-refractivity contribution is -0.136. The molecule has 0 aromatic heterocycles. The van der Waals surface area contributed by atoms with Crippen LogP contribution in [0.25, 0.3) is 0 Å². The Bertz CT molecular complexity index is 262. The molecule has 0 aromatic rings. The van der Waals surface area contributed by atoms with Crippen LogP contribution in [0.5, 0.6) is 0 Å². The summed E-state index contributed by atoms with van der Waals surface area (Å²) in [5.74, 6) is -0.732. The van der Waals surface area contributed by atoms with E-state index >= 15 is 0 Å². The number of carbonyl (C=O) groups is 2. The van der Waals surface area contributed by atoms with E-state index in [4.69, 9.17) is 10.2 Å². The van der Waals surface area contributed by atoms with Gasteiger partial charge in [-0.05, 0) is 12.5 Å². The van der Waals surface area contributed by atoms with Gasteiger partial charge in [0.2, 0.25) is 11.8 Å². The number of aliphatic hydroxyl groups is 2. The molecule has 6 heteroatoms. The molecule has 0 aromatic carbocycles. The molecule has 0 saturated heterocycles. The Morgan fingerprint density at radius 1 is 1.35 bits per heavy atom. The van der Waals surface area contributed by atoms with Gasteiger partial charge in [-0.1, -0.05) is 13.5 Å². The molecule has 0 unspecified atom stereocenters. The van der Waals surface area contributed by atoms with E-state index in [0.29, 0.717) is 6.42 Å². The topological polar surface area (TPSA) is 89.9 Å². The molecule has 3 N–H and O–H groups in total. The van der Waals surface area contributed by atoms with E-state index < -0.39 is 11.9 Å². The molecular weight excluding hydrogens is 224 g/mol. The number of hydrogen-bond donors (Lipinski definition) is 3. The first-order chi connectivity index (χ1) is 8.10. The quantitative estimate of drug-likeness (QED) is 0.472. The smallest absolute Gasteiger partial charge is 0.245 e. The van der Waals surface area contributed by atoms with Gasteiger partial charge in [0.15, 0.2) is 0 Å². The Kier molecular flexibility index (Phi) is 8.00. The number of amides is 2. The van der Waals surface area contributed by atoms with Gasteiger partial charge in [-0.2, -0.15) is 0 Å². The highest BCUT2D eigenvalue weighted by molar-refractivity contribution is 5.92. The largest absolute Gasteiger partial charge is 0.395 e. The average molecular weight is 244 g/mol. The van der Waals surface area contributed by atoms with E-state index in [0.717, 1.165) is 6.08 Å². The molecule has 0 aliphatic rings. The summed E-state index contributed by atoms with van der Waals surface area (Å²) in [5.41, 5.74) is 0. The minimum absolute atomic E-state index is 0.139. The van der Waals surface area contributed by atoms with Crippen LogP contribution in [-0.2, 0) is 9.59 Å². The van der Waals surface area contributed by atoms with Crippen molar-refractivity contribution < 1.29 is 19.8 Å². The molecule has 0 rings (SSSR count). The zero-order valence-corrected chi connectivity index (χ0v) is 10.1. The molecule has 0 fully saturated rings. The molecule has 0 radical (unpaired) electrons. The number of nitrogens with one attached hydrogen (secondary N) is 1. The maximum absolute atomic E-state index is 12.0. The van der Waals surface area contributed by atoms with Gasteiger partial charge in [0.1, 0.15) is 6.04 Å². The second-order valence-corrected chi connectivity index (χ2v) is 3.45. The number of carbonyl (C=O) groups excluding carboxylic acids is 2. The first kappa shape index (κ1) is 15.6. The van der Waals surface area contributed by atoms with Crippen LogP contribution < -0.4 is 5.32 Å². The zero-order valence-electron chi connectivity index (χ0n) is 10.1. The molecule has 1 atom stereocenters. The Labute approximate surface area is 101 Å². The number of nitrogens with zero attached hydrogens (tertiary/aromatic N) is 1. The summed E-state index contributed by atoms with van der Waals surface area (Å²) in [7, 11) is 0. The van der Waals surface area contributed by atoms with Crippen molar-refractivity contribution in [2.75, 3.05) is 26.3 Å². The van der Waals surface area contributed by atoms with E-state index in [1.54, 1.807) is 6.92 Å². The van der Waals surface area contributed by atoms with Crippen molar-refractivity contribution in [3.8, 4) is 0 Å². The van der Waals surface area contributed by atoms with Gasteiger partial charge in [0.25, 0.3) is 0 Å². The Hall–Kier alpha value is -1.40. The lowest BCUT2D eigenvalue weighted by Crippen LogP contribution is -2.49. The van der Waals surface area contributed by atoms with Crippen LogP contribution >= 0.6 is 0 Å². The molecule has 0 bridgehead atoms. The Morgan fingerprint density at radius 3 is 2.24 bits per heavy atom. The highest BCUT2D eigenvalue weighted by Gasteiger charge is 2.23. The summed E-state index contributed by atoms with van der Waals surface area (Å²) >= 11 is 0. The van der Waals surface area contributed by atoms with Crippen LogP contribution in [0.2, 0.25) is 0 Å². The van der Waals surface area contributed by atoms with Crippen LogP contribution in [0.1, 0.15) is 13.3 Å². The molecule has 98 valence electrons. The highest BCUT2D eigenvalue weighted by Crippen LogP contribution is 1.99. The predicted molar refractivity (Wildman–Crippen MR) is 63.2 cm³/mol. The van der Waals surface area contributed by atoms with E-state index in [2.05, 4.69) is 11.9 Å².